The highest BCUT2D eigenvalue weighted by Crippen LogP contribution is 2.32. The lowest BCUT2D eigenvalue weighted by Gasteiger charge is -2.10. The number of aromatic nitrogens is 5. The number of hydrogen-bond donors (Lipinski definition) is 1. The van der Waals surface area contributed by atoms with Gasteiger partial charge in [0.15, 0.2) is 11.5 Å². The molecule has 0 fully saturated rings. The van der Waals surface area contributed by atoms with E-state index in [1.165, 1.54) is 0 Å². The van der Waals surface area contributed by atoms with Gasteiger partial charge in [0.25, 0.3) is 5.91 Å². The topological polar surface area (TPSA) is 112 Å². The Labute approximate surface area is 173 Å². The Balaban J connectivity index is 1.56. The first-order valence-corrected chi connectivity index (χ1v) is 9.71. The van der Waals surface area contributed by atoms with Crippen LogP contribution >= 0.6 is 0 Å². The molecule has 0 spiro atoms. The second-order valence-corrected chi connectivity index (χ2v) is 6.94. The van der Waals surface area contributed by atoms with Crippen LogP contribution in [0.2, 0.25) is 0 Å². The number of aryl methyl sites for hydroxylation is 3. The number of carbonyl (C=O) groups excluding carboxylic acids is 1. The second-order valence-electron chi connectivity index (χ2n) is 6.94. The van der Waals surface area contributed by atoms with E-state index in [4.69, 9.17) is 9.05 Å². The van der Waals surface area contributed by atoms with Crippen molar-refractivity contribution in [1.82, 2.24) is 30.4 Å². The fourth-order valence-electron chi connectivity index (χ4n) is 3.09. The lowest BCUT2D eigenvalue weighted by Crippen LogP contribution is -2.28. The minimum atomic E-state index is -0.282. The van der Waals surface area contributed by atoms with E-state index in [1.807, 2.05) is 43.7 Å². The predicted molar refractivity (Wildman–Crippen MR) is 109 cm³/mol. The molecular formula is C21H22N6O3. The van der Waals surface area contributed by atoms with Crippen molar-refractivity contribution in [2.75, 3.05) is 6.54 Å². The molecule has 0 radical (unpaired) electrons. The van der Waals surface area contributed by atoms with E-state index < -0.39 is 0 Å². The lowest BCUT2D eigenvalue weighted by molar-refractivity contribution is 0.0943. The summed E-state index contributed by atoms with van der Waals surface area (Å²) in [5, 5.41) is 15.1. The number of nitrogens with zero attached hydrogens (tertiary/aromatic N) is 5. The summed E-state index contributed by atoms with van der Waals surface area (Å²) in [4.78, 5) is 16.7. The van der Waals surface area contributed by atoms with Gasteiger partial charge in [-0.05, 0) is 26.0 Å². The van der Waals surface area contributed by atoms with Crippen LogP contribution in [0, 0.1) is 13.8 Å². The van der Waals surface area contributed by atoms with Gasteiger partial charge in [0.1, 0.15) is 5.76 Å². The van der Waals surface area contributed by atoms with Gasteiger partial charge in [0, 0.05) is 42.6 Å². The molecule has 0 unspecified atom stereocenters. The van der Waals surface area contributed by atoms with Gasteiger partial charge in [-0.3, -0.25) is 14.5 Å². The van der Waals surface area contributed by atoms with E-state index >= 15 is 0 Å². The Morgan fingerprint density at radius 1 is 1.10 bits per heavy atom. The van der Waals surface area contributed by atoms with Gasteiger partial charge in [-0.2, -0.15) is 5.10 Å². The third-order valence-corrected chi connectivity index (χ3v) is 4.67. The van der Waals surface area contributed by atoms with Crippen molar-refractivity contribution in [3.8, 4) is 22.6 Å². The summed E-state index contributed by atoms with van der Waals surface area (Å²) in [5.41, 5.74) is 4.55. The maximum absolute atomic E-state index is 12.3. The van der Waals surface area contributed by atoms with Crippen molar-refractivity contribution in [1.29, 1.82) is 0 Å². The van der Waals surface area contributed by atoms with Crippen LogP contribution in [0.5, 0.6) is 0 Å². The standard InChI is InChI=1S/C21H22N6O3/c1-4-16-10-18(26-29-16)21(28)22-7-8-27-20(15-6-5-13(2)23-11-15)17(12-24-27)19-9-14(3)25-30-19/h5-6,9-12H,4,7-8H2,1-3H3,(H,22,28). The van der Waals surface area contributed by atoms with Crippen LogP contribution in [0.4, 0.5) is 0 Å². The number of amides is 1. The molecule has 0 saturated carbocycles. The van der Waals surface area contributed by atoms with Crippen LogP contribution in [0.25, 0.3) is 22.6 Å². The molecule has 1 amide bonds. The van der Waals surface area contributed by atoms with E-state index in [2.05, 4.69) is 25.7 Å². The Morgan fingerprint density at radius 2 is 1.97 bits per heavy atom. The Bertz CT molecular complexity index is 1160. The molecule has 0 aliphatic heterocycles. The molecular weight excluding hydrogens is 384 g/mol. The maximum Gasteiger partial charge on any atom is 0.273 e. The fraction of sp³-hybridized carbons (Fsp3) is 0.286. The number of pyridine rings is 1. The van der Waals surface area contributed by atoms with E-state index in [1.54, 1.807) is 18.5 Å². The predicted octanol–water partition coefficient (Wildman–Crippen LogP) is 3.20. The third-order valence-electron chi connectivity index (χ3n) is 4.67. The highest BCUT2D eigenvalue weighted by molar-refractivity contribution is 5.92. The first kappa shape index (κ1) is 19.6. The van der Waals surface area contributed by atoms with Gasteiger partial charge < -0.3 is 14.4 Å². The van der Waals surface area contributed by atoms with Crippen molar-refractivity contribution in [2.45, 2.75) is 33.7 Å². The van der Waals surface area contributed by atoms with E-state index in [0.29, 0.717) is 31.0 Å². The van der Waals surface area contributed by atoms with Gasteiger partial charge >= 0.3 is 0 Å². The molecule has 0 atom stereocenters. The third kappa shape index (κ3) is 4.00. The SMILES string of the molecule is CCc1cc(C(=O)NCCn2ncc(-c3cc(C)no3)c2-c2ccc(C)nc2)no1. The molecule has 4 heterocycles. The van der Waals surface area contributed by atoms with Gasteiger partial charge in [-0.25, -0.2) is 0 Å². The van der Waals surface area contributed by atoms with Crippen molar-refractivity contribution < 1.29 is 13.8 Å². The first-order chi connectivity index (χ1) is 14.5. The van der Waals surface area contributed by atoms with Gasteiger partial charge in [0.05, 0.1) is 29.7 Å². The Kier molecular flexibility index (Phi) is 5.42. The molecule has 4 aromatic heterocycles. The van der Waals surface area contributed by atoms with Gasteiger partial charge in [-0.1, -0.05) is 17.2 Å². The van der Waals surface area contributed by atoms with Gasteiger partial charge in [-0.15, -0.1) is 0 Å². The average molecular weight is 406 g/mol. The van der Waals surface area contributed by atoms with Crippen LogP contribution in [0.15, 0.2) is 45.7 Å². The molecule has 9 heteroatoms. The van der Waals surface area contributed by atoms with Crippen LogP contribution in [0.1, 0.15) is 34.6 Å². The molecule has 4 aromatic rings. The highest BCUT2D eigenvalue weighted by atomic mass is 16.5. The van der Waals surface area contributed by atoms with Crippen LogP contribution < -0.4 is 5.32 Å². The Morgan fingerprint density at radius 3 is 2.63 bits per heavy atom. The minimum Gasteiger partial charge on any atom is -0.361 e. The minimum absolute atomic E-state index is 0.271. The van der Waals surface area contributed by atoms with Crippen LogP contribution in [0.3, 0.4) is 0 Å². The molecule has 0 aliphatic carbocycles. The van der Waals surface area contributed by atoms with Gasteiger partial charge in [0.2, 0.25) is 0 Å². The monoisotopic (exact) mass is 406 g/mol. The van der Waals surface area contributed by atoms with Crippen molar-refractivity contribution in [3.63, 3.8) is 0 Å². The van der Waals surface area contributed by atoms with E-state index in [0.717, 1.165) is 28.2 Å². The summed E-state index contributed by atoms with van der Waals surface area (Å²) in [5.74, 6) is 1.02. The smallest absolute Gasteiger partial charge is 0.273 e. The summed E-state index contributed by atoms with van der Waals surface area (Å²) in [6, 6.07) is 7.45. The second kappa shape index (κ2) is 8.32. The number of nitrogens with one attached hydrogen (secondary N) is 1. The maximum atomic E-state index is 12.3. The van der Waals surface area contributed by atoms with Crippen molar-refractivity contribution >= 4 is 5.91 Å². The van der Waals surface area contributed by atoms with E-state index in [-0.39, 0.29) is 11.6 Å². The van der Waals surface area contributed by atoms with Crippen molar-refractivity contribution in [3.05, 3.63) is 59.5 Å². The zero-order valence-electron chi connectivity index (χ0n) is 17.0. The molecule has 0 bridgehead atoms. The molecule has 30 heavy (non-hydrogen) atoms. The molecule has 1 N–H and O–H groups in total. The summed E-state index contributed by atoms with van der Waals surface area (Å²) < 4.78 is 12.4. The van der Waals surface area contributed by atoms with E-state index in [9.17, 15) is 4.79 Å². The fourth-order valence-corrected chi connectivity index (χ4v) is 3.09. The first-order valence-electron chi connectivity index (χ1n) is 9.71. The highest BCUT2D eigenvalue weighted by Gasteiger charge is 2.19. The normalized spacial score (nSPS) is 11.0. The summed E-state index contributed by atoms with van der Waals surface area (Å²) in [7, 11) is 0. The Hall–Kier alpha value is -3.75. The largest absolute Gasteiger partial charge is 0.361 e. The number of carbonyl (C=O) groups is 1. The molecule has 4 rings (SSSR count). The summed E-state index contributed by atoms with van der Waals surface area (Å²) in [6.45, 7) is 6.57. The zero-order chi connectivity index (χ0) is 21.1. The molecule has 0 aromatic carbocycles. The summed E-state index contributed by atoms with van der Waals surface area (Å²) in [6.07, 6.45) is 4.23. The molecule has 9 nitrogen and oxygen atoms in total. The van der Waals surface area contributed by atoms with Crippen molar-refractivity contribution in [2.24, 2.45) is 0 Å². The average Bonchev–Trinajstić information content (AvgIpc) is 3.48. The molecule has 0 aliphatic rings. The van der Waals surface area contributed by atoms with Crippen LogP contribution in [-0.4, -0.2) is 37.5 Å². The zero-order valence-corrected chi connectivity index (χ0v) is 17.0. The lowest BCUT2D eigenvalue weighted by atomic mass is 10.1. The van der Waals surface area contributed by atoms with Crippen LogP contribution in [-0.2, 0) is 13.0 Å². The number of rotatable bonds is 7. The molecule has 154 valence electrons. The quantitative estimate of drug-likeness (QED) is 0.501. The number of hydrogen-bond acceptors (Lipinski definition) is 7. The molecule has 0 saturated heterocycles. The summed E-state index contributed by atoms with van der Waals surface area (Å²) >= 11 is 0.